The van der Waals surface area contributed by atoms with Gasteiger partial charge in [-0.1, -0.05) is 40.9 Å². The van der Waals surface area contributed by atoms with E-state index in [4.69, 9.17) is 34.8 Å². The Morgan fingerprint density at radius 1 is 1.22 bits per heavy atom. The van der Waals surface area contributed by atoms with Crippen molar-refractivity contribution < 1.29 is 9.72 Å². The molecule has 0 aliphatic carbocycles. The van der Waals surface area contributed by atoms with E-state index >= 15 is 0 Å². The smallest absolute Gasteiger partial charge is 0.302 e. The van der Waals surface area contributed by atoms with Gasteiger partial charge in [-0.2, -0.15) is 10.2 Å². The fraction of sp³-hybridized carbons (Fsp3) is 0.133. The number of aromatic nitrogens is 4. The normalized spacial score (nSPS) is 10.8. The zero-order chi connectivity index (χ0) is 19.7. The maximum atomic E-state index is 12.3. The maximum Gasteiger partial charge on any atom is 0.320 e. The highest BCUT2D eigenvalue weighted by Crippen LogP contribution is 2.25. The van der Waals surface area contributed by atoms with Crippen LogP contribution in [0.5, 0.6) is 0 Å². The van der Waals surface area contributed by atoms with Gasteiger partial charge in [0.25, 0.3) is 5.91 Å². The lowest BCUT2D eigenvalue weighted by atomic mass is 10.2. The number of hydrogen-bond donors (Lipinski definition) is 1. The van der Waals surface area contributed by atoms with Gasteiger partial charge in [-0.25, -0.2) is 0 Å². The van der Waals surface area contributed by atoms with Crippen molar-refractivity contribution in [3.05, 3.63) is 67.0 Å². The molecule has 0 aliphatic rings. The summed E-state index contributed by atoms with van der Waals surface area (Å²) < 4.78 is 2.65. The van der Waals surface area contributed by atoms with E-state index in [0.717, 1.165) is 11.8 Å². The molecule has 12 heteroatoms. The van der Waals surface area contributed by atoms with Gasteiger partial charge < -0.3 is 5.32 Å². The van der Waals surface area contributed by atoms with Gasteiger partial charge in [-0.3, -0.25) is 24.3 Å². The second-order valence-electron chi connectivity index (χ2n) is 5.51. The highest BCUT2D eigenvalue weighted by molar-refractivity contribution is 6.35. The molecule has 0 aliphatic heterocycles. The first kappa shape index (κ1) is 19.2. The average molecular weight is 430 g/mol. The van der Waals surface area contributed by atoms with E-state index in [-0.39, 0.29) is 23.1 Å². The lowest BCUT2D eigenvalue weighted by Gasteiger charge is -2.05. The summed E-state index contributed by atoms with van der Waals surface area (Å²) in [7, 11) is 1.47. The number of carbonyl (C=O) groups excluding carboxylic acids is 1. The number of amides is 1. The molecule has 0 atom stereocenters. The Bertz CT molecular complexity index is 1050. The highest BCUT2D eigenvalue weighted by atomic mass is 35.5. The Kier molecular flexibility index (Phi) is 5.36. The lowest BCUT2D eigenvalue weighted by Crippen LogP contribution is -2.15. The van der Waals surface area contributed by atoms with Crippen molar-refractivity contribution in [2.24, 2.45) is 7.05 Å². The molecule has 0 spiro atoms. The van der Waals surface area contributed by atoms with Crippen molar-refractivity contribution in [3.8, 4) is 0 Å². The minimum atomic E-state index is -0.793. The summed E-state index contributed by atoms with van der Waals surface area (Å²) in [4.78, 5) is 22.7. The molecular formula is C15H11Cl3N6O3. The van der Waals surface area contributed by atoms with Gasteiger partial charge in [0, 0.05) is 23.3 Å². The number of halogens is 3. The molecule has 2 heterocycles. The molecule has 0 saturated heterocycles. The van der Waals surface area contributed by atoms with Crippen molar-refractivity contribution in [2.75, 3.05) is 5.32 Å². The molecular weight excluding hydrogens is 419 g/mol. The maximum absolute atomic E-state index is 12.3. The van der Waals surface area contributed by atoms with Crippen molar-refractivity contribution in [2.45, 2.75) is 6.54 Å². The summed E-state index contributed by atoms with van der Waals surface area (Å²) in [5.74, 6) is -0.745. The third kappa shape index (κ3) is 4.21. The predicted molar refractivity (Wildman–Crippen MR) is 101 cm³/mol. The SMILES string of the molecule is Cn1cc([N+](=O)[O-])c(C(=O)Nc2nn(Cc3ccc(Cl)cc3Cl)cc2Cl)n1. The molecule has 0 radical (unpaired) electrons. The number of benzene rings is 1. The van der Waals surface area contributed by atoms with Crippen LogP contribution >= 0.6 is 34.8 Å². The Balaban J connectivity index is 1.81. The number of hydrogen-bond acceptors (Lipinski definition) is 5. The fourth-order valence-corrected chi connectivity index (χ4v) is 2.99. The van der Waals surface area contributed by atoms with Crippen LogP contribution in [0.1, 0.15) is 16.1 Å². The number of nitrogens with zero attached hydrogens (tertiary/aromatic N) is 5. The molecule has 0 bridgehead atoms. The summed E-state index contributed by atoms with van der Waals surface area (Å²) >= 11 is 18.1. The van der Waals surface area contributed by atoms with Crippen molar-refractivity contribution in [3.63, 3.8) is 0 Å². The third-order valence-electron chi connectivity index (χ3n) is 3.52. The van der Waals surface area contributed by atoms with Gasteiger partial charge in [0.1, 0.15) is 11.2 Å². The van der Waals surface area contributed by atoms with E-state index in [1.807, 2.05) is 0 Å². The first-order chi connectivity index (χ1) is 12.7. The van der Waals surface area contributed by atoms with E-state index in [0.29, 0.717) is 10.0 Å². The number of nitrogens with one attached hydrogen (secondary N) is 1. The van der Waals surface area contributed by atoms with Crippen LogP contribution in [0.15, 0.2) is 30.6 Å². The number of aryl methyl sites for hydroxylation is 1. The van der Waals surface area contributed by atoms with Gasteiger partial charge in [-0.05, 0) is 17.7 Å². The van der Waals surface area contributed by atoms with Crippen LogP contribution in [-0.2, 0) is 13.6 Å². The van der Waals surface area contributed by atoms with E-state index < -0.39 is 16.5 Å². The van der Waals surface area contributed by atoms with Crippen LogP contribution < -0.4 is 5.32 Å². The summed E-state index contributed by atoms with van der Waals surface area (Å²) in [5, 5.41) is 22.6. The highest BCUT2D eigenvalue weighted by Gasteiger charge is 2.26. The van der Waals surface area contributed by atoms with Crippen molar-refractivity contribution >= 4 is 52.2 Å². The van der Waals surface area contributed by atoms with E-state index in [2.05, 4.69) is 15.5 Å². The van der Waals surface area contributed by atoms with Gasteiger partial charge in [-0.15, -0.1) is 0 Å². The molecule has 2 aromatic heterocycles. The second kappa shape index (κ2) is 7.55. The number of carbonyl (C=O) groups is 1. The molecule has 1 N–H and O–H groups in total. The molecule has 9 nitrogen and oxygen atoms in total. The summed E-state index contributed by atoms with van der Waals surface area (Å²) in [6, 6.07) is 5.04. The zero-order valence-electron chi connectivity index (χ0n) is 13.7. The number of rotatable bonds is 5. The third-order valence-corrected chi connectivity index (χ3v) is 4.38. The molecule has 0 saturated carbocycles. The van der Waals surface area contributed by atoms with Crippen molar-refractivity contribution in [1.82, 2.24) is 19.6 Å². The molecule has 0 unspecified atom stereocenters. The summed E-state index contributed by atoms with van der Waals surface area (Å²) in [5.41, 5.74) is -0.00848. The van der Waals surface area contributed by atoms with Crippen molar-refractivity contribution in [1.29, 1.82) is 0 Å². The molecule has 1 amide bonds. The van der Waals surface area contributed by atoms with Gasteiger partial charge >= 0.3 is 5.69 Å². The molecule has 140 valence electrons. The topological polar surface area (TPSA) is 108 Å². The number of anilines is 1. The lowest BCUT2D eigenvalue weighted by molar-refractivity contribution is -0.385. The largest absolute Gasteiger partial charge is 0.320 e. The van der Waals surface area contributed by atoms with Crippen LogP contribution in [0.25, 0.3) is 0 Å². The van der Waals surface area contributed by atoms with Crippen LogP contribution in [-0.4, -0.2) is 30.4 Å². The standard InChI is InChI=1S/C15H11Cl3N6O3/c1-22-7-12(24(26)27)13(20-22)15(25)19-14-11(18)6-23(21-14)5-8-2-3-9(16)4-10(8)17/h2-4,6-7H,5H2,1H3,(H,19,21,25). The quantitative estimate of drug-likeness (QED) is 0.490. The number of nitro groups is 1. The van der Waals surface area contributed by atoms with Crippen LogP contribution in [0.4, 0.5) is 11.5 Å². The molecule has 0 fully saturated rings. The average Bonchev–Trinajstić information content (AvgIpc) is 3.13. The van der Waals surface area contributed by atoms with E-state index in [1.165, 1.54) is 22.6 Å². The Morgan fingerprint density at radius 3 is 2.63 bits per heavy atom. The van der Waals surface area contributed by atoms with Gasteiger partial charge in [0.05, 0.1) is 11.5 Å². The minimum absolute atomic E-state index is 0.0479. The summed E-state index contributed by atoms with van der Waals surface area (Å²) in [6.07, 6.45) is 2.63. The Morgan fingerprint density at radius 2 is 1.96 bits per heavy atom. The monoisotopic (exact) mass is 428 g/mol. The fourth-order valence-electron chi connectivity index (χ4n) is 2.33. The second-order valence-corrected chi connectivity index (χ2v) is 6.76. The molecule has 27 heavy (non-hydrogen) atoms. The Labute approximate surface area is 167 Å². The van der Waals surface area contributed by atoms with Crippen LogP contribution in [0.2, 0.25) is 15.1 Å². The molecule has 3 rings (SSSR count). The molecule has 1 aromatic carbocycles. The predicted octanol–water partition coefficient (Wildman–Crippen LogP) is 3.79. The van der Waals surface area contributed by atoms with E-state index in [1.54, 1.807) is 18.2 Å². The first-order valence-electron chi connectivity index (χ1n) is 7.41. The van der Waals surface area contributed by atoms with E-state index in [9.17, 15) is 14.9 Å². The van der Waals surface area contributed by atoms with Gasteiger partial charge in [0.2, 0.25) is 5.69 Å². The van der Waals surface area contributed by atoms with Gasteiger partial charge in [0.15, 0.2) is 5.82 Å². The van der Waals surface area contributed by atoms with Crippen LogP contribution in [0, 0.1) is 10.1 Å². The first-order valence-corrected chi connectivity index (χ1v) is 8.54. The summed E-state index contributed by atoms with van der Waals surface area (Å²) in [6.45, 7) is 0.287. The Hall–Kier alpha value is -2.62. The zero-order valence-corrected chi connectivity index (χ0v) is 16.0. The molecule has 3 aromatic rings. The minimum Gasteiger partial charge on any atom is -0.302 e. The van der Waals surface area contributed by atoms with Crippen LogP contribution in [0.3, 0.4) is 0 Å².